The highest BCUT2D eigenvalue weighted by molar-refractivity contribution is 6.34. The molecule has 2 amide bonds. The summed E-state index contributed by atoms with van der Waals surface area (Å²) in [6.45, 7) is 6.16. The maximum Gasteiger partial charge on any atom is 0.320 e. The minimum atomic E-state index is -0.540. The first-order valence-electron chi connectivity index (χ1n) is 7.62. The van der Waals surface area contributed by atoms with Gasteiger partial charge in [0.25, 0.3) is 5.91 Å². The lowest BCUT2D eigenvalue weighted by molar-refractivity contribution is -0.185. The van der Waals surface area contributed by atoms with E-state index in [0.29, 0.717) is 12.2 Å². The summed E-state index contributed by atoms with van der Waals surface area (Å²) < 4.78 is 5.39. The van der Waals surface area contributed by atoms with Gasteiger partial charge in [-0.1, -0.05) is 37.6 Å². The second kappa shape index (κ2) is 7.22. The lowest BCUT2D eigenvalue weighted by Gasteiger charge is -2.12. The van der Waals surface area contributed by atoms with Gasteiger partial charge in [-0.25, -0.2) is 0 Å². The number of ether oxygens (including phenoxy) is 1. The number of rotatable bonds is 7. The van der Waals surface area contributed by atoms with Gasteiger partial charge in [-0.15, -0.1) is 5.06 Å². The monoisotopic (exact) mass is 303 g/mol. The van der Waals surface area contributed by atoms with Crippen LogP contribution in [0.3, 0.4) is 0 Å². The maximum atomic E-state index is 12.4. The van der Waals surface area contributed by atoms with Crippen molar-refractivity contribution in [3.05, 3.63) is 41.2 Å². The highest BCUT2D eigenvalue weighted by Gasteiger charge is 2.41. The summed E-state index contributed by atoms with van der Waals surface area (Å²) in [6, 6.07) is 7.63. The molecule has 1 aliphatic rings. The molecule has 118 valence electrons. The number of hydroxylamine groups is 2. The van der Waals surface area contributed by atoms with Crippen LogP contribution in [0.2, 0.25) is 0 Å². The Morgan fingerprint density at radius 1 is 0.955 bits per heavy atom. The number of carbonyl (C=O) groups excluding carboxylic acids is 2. The molecule has 0 saturated heterocycles. The van der Waals surface area contributed by atoms with E-state index in [-0.39, 0.29) is 17.9 Å². The SMILES string of the molecule is CCCc1ccc(C2=C(OCC)C(=O)N(OCC)C2=O)cc1. The molecule has 5 nitrogen and oxygen atoms in total. The number of imide groups is 1. The first kappa shape index (κ1) is 16.2. The largest absolute Gasteiger partial charge is 0.487 e. The summed E-state index contributed by atoms with van der Waals surface area (Å²) in [4.78, 5) is 29.8. The molecule has 2 rings (SSSR count). The Morgan fingerprint density at radius 2 is 1.64 bits per heavy atom. The van der Waals surface area contributed by atoms with Crippen LogP contribution in [0.15, 0.2) is 30.0 Å². The number of nitrogens with zero attached hydrogens (tertiary/aromatic N) is 1. The summed E-state index contributed by atoms with van der Waals surface area (Å²) >= 11 is 0. The van der Waals surface area contributed by atoms with E-state index in [0.717, 1.165) is 17.9 Å². The minimum absolute atomic E-state index is 0.0594. The maximum absolute atomic E-state index is 12.4. The molecule has 1 heterocycles. The molecule has 0 radical (unpaired) electrons. The number of carbonyl (C=O) groups is 2. The summed E-state index contributed by atoms with van der Waals surface area (Å²) in [5.74, 6) is -0.955. The van der Waals surface area contributed by atoms with E-state index in [1.165, 1.54) is 5.56 Å². The molecule has 0 N–H and O–H groups in total. The fourth-order valence-corrected chi connectivity index (χ4v) is 2.40. The second-order valence-electron chi connectivity index (χ2n) is 4.91. The molecule has 0 atom stereocenters. The second-order valence-corrected chi connectivity index (χ2v) is 4.91. The van der Waals surface area contributed by atoms with Crippen molar-refractivity contribution in [2.45, 2.75) is 33.6 Å². The van der Waals surface area contributed by atoms with E-state index in [9.17, 15) is 9.59 Å². The Morgan fingerprint density at radius 3 is 2.18 bits per heavy atom. The van der Waals surface area contributed by atoms with Gasteiger partial charge in [-0.05, 0) is 31.4 Å². The normalized spacial score (nSPS) is 15.0. The summed E-state index contributed by atoms with van der Waals surface area (Å²) in [5.41, 5.74) is 2.13. The molecule has 0 aromatic heterocycles. The number of amides is 2. The Bertz CT molecular complexity index is 589. The van der Waals surface area contributed by atoms with E-state index >= 15 is 0 Å². The average Bonchev–Trinajstić information content (AvgIpc) is 2.74. The molecule has 1 aliphatic heterocycles. The summed E-state index contributed by atoms with van der Waals surface area (Å²) in [7, 11) is 0. The van der Waals surface area contributed by atoms with Crippen LogP contribution in [0.1, 0.15) is 38.3 Å². The van der Waals surface area contributed by atoms with Gasteiger partial charge >= 0.3 is 5.91 Å². The van der Waals surface area contributed by atoms with Crippen LogP contribution in [0, 0.1) is 0 Å². The first-order valence-corrected chi connectivity index (χ1v) is 7.62. The highest BCUT2D eigenvalue weighted by atomic mass is 16.7. The third-order valence-corrected chi connectivity index (χ3v) is 3.33. The van der Waals surface area contributed by atoms with Gasteiger partial charge in [0.15, 0.2) is 0 Å². The molecular formula is C17H21NO4. The van der Waals surface area contributed by atoms with Crippen LogP contribution in [0.5, 0.6) is 0 Å². The Balaban J connectivity index is 2.39. The number of aryl methyl sites for hydroxylation is 1. The smallest absolute Gasteiger partial charge is 0.320 e. The quantitative estimate of drug-likeness (QED) is 0.727. The standard InChI is InChI=1S/C17H21NO4/c1-4-7-12-8-10-13(11-9-12)14-15(21-5-2)17(20)18(16(14)19)22-6-3/h8-11H,4-7H2,1-3H3. The summed E-state index contributed by atoms with van der Waals surface area (Å²) in [6.07, 6.45) is 2.04. The first-order chi connectivity index (χ1) is 10.6. The van der Waals surface area contributed by atoms with Crippen molar-refractivity contribution >= 4 is 17.4 Å². The lowest BCUT2D eigenvalue weighted by Crippen LogP contribution is -2.32. The summed E-state index contributed by atoms with van der Waals surface area (Å²) in [5, 5.41) is 0.778. The third-order valence-electron chi connectivity index (χ3n) is 3.33. The molecule has 5 heteroatoms. The molecule has 0 aliphatic carbocycles. The highest BCUT2D eigenvalue weighted by Crippen LogP contribution is 2.30. The van der Waals surface area contributed by atoms with E-state index < -0.39 is 11.8 Å². The van der Waals surface area contributed by atoms with E-state index in [1.807, 2.05) is 24.3 Å². The molecule has 0 spiro atoms. The van der Waals surface area contributed by atoms with Gasteiger partial charge in [0, 0.05) is 0 Å². The van der Waals surface area contributed by atoms with E-state index in [2.05, 4.69) is 6.92 Å². The van der Waals surface area contributed by atoms with E-state index in [1.54, 1.807) is 13.8 Å². The van der Waals surface area contributed by atoms with Crippen LogP contribution in [0.25, 0.3) is 5.57 Å². The van der Waals surface area contributed by atoms with Gasteiger partial charge in [0.05, 0.1) is 18.8 Å². The van der Waals surface area contributed by atoms with Crippen molar-refractivity contribution in [3.8, 4) is 0 Å². The average molecular weight is 303 g/mol. The molecule has 0 fully saturated rings. The fourth-order valence-electron chi connectivity index (χ4n) is 2.40. The topological polar surface area (TPSA) is 55.8 Å². The van der Waals surface area contributed by atoms with Crippen LogP contribution in [-0.2, 0) is 25.6 Å². The van der Waals surface area contributed by atoms with Crippen molar-refractivity contribution in [2.24, 2.45) is 0 Å². The van der Waals surface area contributed by atoms with Crippen LogP contribution < -0.4 is 0 Å². The van der Waals surface area contributed by atoms with Crippen molar-refractivity contribution < 1.29 is 19.2 Å². The zero-order valence-corrected chi connectivity index (χ0v) is 13.2. The third kappa shape index (κ3) is 3.04. The predicted octanol–water partition coefficient (Wildman–Crippen LogP) is 2.71. The number of hydrogen-bond donors (Lipinski definition) is 0. The molecule has 0 saturated carbocycles. The van der Waals surface area contributed by atoms with Crippen molar-refractivity contribution in [1.82, 2.24) is 5.06 Å². The van der Waals surface area contributed by atoms with Crippen LogP contribution >= 0.6 is 0 Å². The lowest BCUT2D eigenvalue weighted by atomic mass is 10.0. The number of hydrogen-bond acceptors (Lipinski definition) is 4. The fraction of sp³-hybridized carbons (Fsp3) is 0.412. The van der Waals surface area contributed by atoms with Gasteiger partial charge < -0.3 is 4.74 Å². The Kier molecular flexibility index (Phi) is 5.33. The molecule has 0 bridgehead atoms. The van der Waals surface area contributed by atoms with Crippen LogP contribution in [0.4, 0.5) is 0 Å². The van der Waals surface area contributed by atoms with Crippen molar-refractivity contribution in [1.29, 1.82) is 0 Å². The number of benzene rings is 1. The van der Waals surface area contributed by atoms with Gasteiger partial charge in [0.1, 0.15) is 0 Å². The Labute approximate surface area is 130 Å². The van der Waals surface area contributed by atoms with Gasteiger partial charge in [0.2, 0.25) is 5.76 Å². The molecule has 0 unspecified atom stereocenters. The molecular weight excluding hydrogens is 282 g/mol. The van der Waals surface area contributed by atoms with Crippen molar-refractivity contribution in [2.75, 3.05) is 13.2 Å². The Hall–Kier alpha value is -2.14. The molecule has 22 heavy (non-hydrogen) atoms. The van der Waals surface area contributed by atoms with E-state index in [4.69, 9.17) is 9.57 Å². The van der Waals surface area contributed by atoms with Gasteiger partial charge in [-0.3, -0.25) is 14.4 Å². The zero-order valence-electron chi connectivity index (χ0n) is 13.2. The minimum Gasteiger partial charge on any atom is -0.487 e. The van der Waals surface area contributed by atoms with Crippen molar-refractivity contribution in [3.63, 3.8) is 0 Å². The van der Waals surface area contributed by atoms with Crippen LogP contribution in [-0.4, -0.2) is 30.1 Å². The molecule has 1 aromatic carbocycles. The van der Waals surface area contributed by atoms with Gasteiger partial charge in [-0.2, -0.15) is 0 Å². The molecule has 1 aromatic rings. The predicted molar refractivity (Wildman–Crippen MR) is 82.5 cm³/mol. The zero-order chi connectivity index (χ0) is 16.1.